The second kappa shape index (κ2) is 11.9. The molecule has 9 heteroatoms. The summed E-state index contributed by atoms with van der Waals surface area (Å²) in [5, 5.41) is 2.82. The van der Waals surface area contributed by atoms with Crippen LogP contribution >= 0.6 is 0 Å². The van der Waals surface area contributed by atoms with Gasteiger partial charge in [0.1, 0.15) is 17.3 Å². The lowest BCUT2D eigenvalue weighted by Crippen LogP contribution is -2.45. The quantitative estimate of drug-likeness (QED) is 0.375. The van der Waals surface area contributed by atoms with Crippen LogP contribution < -0.4 is 14.8 Å². The van der Waals surface area contributed by atoms with Crippen molar-refractivity contribution in [3.8, 4) is 11.5 Å². The molecule has 1 aliphatic heterocycles. The van der Waals surface area contributed by atoms with E-state index >= 15 is 0 Å². The molecule has 2 atom stereocenters. The molecule has 1 heterocycles. The van der Waals surface area contributed by atoms with E-state index in [1.54, 1.807) is 38.5 Å². The summed E-state index contributed by atoms with van der Waals surface area (Å²) in [7, 11) is 3.16. The number of hydrogen-bond acceptors (Lipinski definition) is 4. The van der Waals surface area contributed by atoms with Crippen molar-refractivity contribution in [2.24, 2.45) is 5.92 Å². The molecule has 38 heavy (non-hydrogen) atoms. The fourth-order valence-electron chi connectivity index (χ4n) is 4.89. The molecule has 1 N–H and O–H groups in total. The first kappa shape index (κ1) is 27.4. The molecule has 202 valence electrons. The van der Waals surface area contributed by atoms with E-state index in [4.69, 9.17) is 9.47 Å². The van der Waals surface area contributed by atoms with Gasteiger partial charge in [0.2, 0.25) is 5.91 Å². The Labute approximate surface area is 219 Å². The van der Waals surface area contributed by atoms with Crippen LogP contribution in [0.5, 0.6) is 11.5 Å². The highest BCUT2D eigenvalue weighted by Gasteiger charge is 2.33. The van der Waals surface area contributed by atoms with Crippen LogP contribution in [0.1, 0.15) is 34.6 Å². The van der Waals surface area contributed by atoms with Gasteiger partial charge in [0.05, 0.1) is 25.7 Å². The van der Waals surface area contributed by atoms with Gasteiger partial charge in [0.15, 0.2) is 0 Å². The first-order chi connectivity index (χ1) is 18.1. The number of carbonyl (C=O) groups excluding carboxylic acids is 1. The molecule has 0 radical (unpaired) electrons. The minimum absolute atomic E-state index is 0.00640. The second-order valence-corrected chi connectivity index (χ2v) is 9.51. The minimum atomic E-state index is -4.45. The van der Waals surface area contributed by atoms with Gasteiger partial charge < -0.3 is 14.8 Å². The second-order valence-electron chi connectivity index (χ2n) is 9.51. The van der Waals surface area contributed by atoms with Crippen molar-refractivity contribution in [3.63, 3.8) is 0 Å². The van der Waals surface area contributed by atoms with Crippen molar-refractivity contribution in [2.45, 2.75) is 31.6 Å². The van der Waals surface area contributed by atoms with Gasteiger partial charge in [0.25, 0.3) is 0 Å². The highest BCUT2D eigenvalue weighted by molar-refractivity contribution is 5.79. The summed E-state index contributed by atoms with van der Waals surface area (Å²) in [4.78, 5) is 15.4. The van der Waals surface area contributed by atoms with Crippen molar-refractivity contribution < 1.29 is 31.8 Å². The first-order valence-electron chi connectivity index (χ1n) is 12.3. The minimum Gasteiger partial charge on any atom is -0.497 e. The van der Waals surface area contributed by atoms with Gasteiger partial charge >= 0.3 is 6.18 Å². The summed E-state index contributed by atoms with van der Waals surface area (Å²) in [5.74, 6) is 0.310. The number of piperidine rings is 1. The van der Waals surface area contributed by atoms with Crippen molar-refractivity contribution in [2.75, 3.05) is 27.3 Å². The highest BCUT2D eigenvalue weighted by atomic mass is 19.4. The Morgan fingerprint density at radius 3 is 2.26 bits per heavy atom. The van der Waals surface area contributed by atoms with Crippen LogP contribution in [0.15, 0.2) is 66.7 Å². The fourth-order valence-corrected chi connectivity index (χ4v) is 4.89. The van der Waals surface area contributed by atoms with E-state index in [9.17, 15) is 22.4 Å². The zero-order valence-electron chi connectivity index (χ0n) is 21.2. The Bertz CT molecular complexity index is 1230. The third-order valence-electron chi connectivity index (χ3n) is 6.78. The maximum absolute atomic E-state index is 13.6. The monoisotopic (exact) mass is 530 g/mol. The molecule has 1 fully saturated rings. The van der Waals surface area contributed by atoms with E-state index in [0.717, 1.165) is 23.3 Å². The molecule has 1 amide bonds. The van der Waals surface area contributed by atoms with Gasteiger partial charge in [-0.2, -0.15) is 13.2 Å². The lowest BCUT2D eigenvalue weighted by Gasteiger charge is -2.37. The number of nitrogens with zero attached hydrogens (tertiary/aromatic N) is 1. The SMILES string of the molecule is COc1cc(CN2CC(C(=O)NCc3cccc(C(F)(F)F)c3)CC(c3ccc(F)cc3)C2)cc(OC)c1. The Morgan fingerprint density at radius 2 is 1.63 bits per heavy atom. The molecule has 0 spiro atoms. The van der Waals surface area contributed by atoms with Crippen molar-refractivity contribution in [1.82, 2.24) is 10.2 Å². The topological polar surface area (TPSA) is 50.8 Å². The van der Waals surface area contributed by atoms with Crippen molar-refractivity contribution in [3.05, 3.63) is 94.8 Å². The van der Waals surface area contributed by atoms with E-state index < -0.39 is 17.7 Å². The third kappa shape index (κ3) is 7.04. The van der Waals surface area contributed by atoms with E-state index in [2.05, 4.69) is 10.2 Å². The summed E-state index contributed by atoms with van der Waals surface area (Å²) in [5.41, 5.74) is 1.50. The maximum Gasteiger partial charge on any atom is 0.416 e. The van der Waals surface area contributed by atoms with Crippen molar-refractivity contribution >= 4 is 5.91 Å². The molecule has 5 nitrogen and oxygen atoms in total. The number of nitrogens with one attached hydrogen (secondary N) is 1. The van der Waals surface area contributed by atoms with Gasteiger partial charge in [-0.25, -0.2) is 4.39 Å². The van der Waals surface area contributed by atoms with Crippen LogP contribution in [-0.2, 0) is 24.1 Å². The van der Waals surface area contributed by atoms with Gasteiger partial charge in [-0.05, 0) is 65.4 Å². The number of carbonyl (C=O) groups is 1. The first-order valence-corrected chi connectivity index (χ1v) is 12.3. The van der Waals surface area contributed by atoms with E-state index in [0.29, 0.717) is 43.1 Å². The molecular formula is C29H30F4N2O3. The van der Waals surface area contributed by atoms with Crippen LogP contribution in [0.25, 0.3) is 0 Å². The van der Waals surface area contributed by atoms with Crippen LogP contribution in [0.3, 0.4) is 0 Å². The molecule has 3 aromatic rings. The Kier molecular flexibility index (Phi) is 8.56. The average molecular weight is 531 g/mol. The normalized spacial score (nSPS) is 18.2. The summed E-state index contributed by atoms with van der Waals surface area (Å²) in [6, 6.07) is 16.8. The highest BCUT2D eigenvalue weighted by Crippen LogP contribution is 2.33. The maximum atomic E-state index is 13.6. The van der Waals surface area contributed by atoms with E-state index in [1.807, 2.05) is 12.1 Å². The number of halogens is 4. The molecule has 2 unspecified atom stereocenters. The lowest BCUT2D eigenvalue weighted by molar-refractivity contribution is -0.137. The molecule has 4 rings (SSSR count). The number of alkyl halides is 3. The van der Waals surface area contributed by atoms with Crippen LogP contribution in [0, 0.1) is 11.7 Å². The molecule has 0 saturated carbocycles. The zero-order chi connectivity index (χ0) is 27.3. The van der Waals surface area contributed by atoms with Crippen LogP contribution in [0.4, 0.5) is 17.6 Å². The standard InChI is InChI=1S/C29H30F4N2O3/c1-37-26-11-20(12-27(14-26)38-2)16-35-17-22(21-6-8-25(30)9-7-21)13-23(18-35)28(36)34-15-19-4-3-5-24(10-19)29(31,32)33/h3-12,14,22-23H,13,15-18H2,1-2H3,(H,34,36). The zero-order valence-corrected chi connectivity index (χ0v) is 21.2. The number of rotatable bonds is 8. The van der Waals surface area contributed by atoms with Gasteiger partial charge in [0, 0.05) is 32.2 Å². The third-order valence-corrected chi connectivity index (χ3v) is 6.78. The summed E-state index contributed by atoms with van der Waals surface area (Å²) in [6.07, 6.45) is -3.91. The smallest absolute Gasteiger partial charge is 0.416 e. The Hall–Kier alpha value is -3.59. The molecule has 3 aromatic carbocycles. The average Bonchev–Trinajstić information content (AvgIpc) is 2.91. The Morgan fingerprint density at radius 1 is 0.947 bits per heavy atom. The number of methoxy groups -OCH3 is 2. The van der Waals surface area contributed by atoms with Gasteiger partial charge in [-0.1, -0.05) is 24.3 Å². The number of likely N-dealkylation sites (tertiary alicyclic amines) is 1. The summed E-state index contributed by atoms with van der Waals surface area (Å²) >= 11 is 0. The largest absolute Gasteiger partial charge is 0.497 e. The van der Waals surface area contributed by atoms with Crippen LogP contribution in [-0.4, -0.2) is 38.1 Å². The van der Waals surface area contributed by atoms with Gasteiger partial charge in [-0.3, -0.25) is 9.69 Å². The Balaban J connectivity index is 1.51. The van der Waals surface area contributed by atoms with Crippen molar-refractivity contribution in [1.29, 1.82) is 0 Å². The molecule has 1 aliphatic rings. The van der Waals surface area contributed by atoms with E-state index in [-0.39, 0.29) is 24.2 Å². The number of ether oxygens (including phenoxy) is 2. The van der Waals surface area contributed by atoms with E-state index in [1.165, 1.54) is 18.2 Å². The molecule has 1 saturated heterocycles. The number of hydrogen-bond donors (Lipinski definition) is 1. The molecular weight excluding hydrogens is 500 g/mol. The summed E-state index contributed by atoms with van der Waals surface area (Å²) in [6.45, 7) is 1.64. The lowest BCUT2D eigenvalue weighted by atomic mass is 9.83. The van der Waals surface area contributed by atoms with Gasteiger partial charge in [-0.15, -0.1) is 0 Å². The number of benzene rings is 3. The predicted octanol–water partition coefficient (Wildman–Crippen LogP) is 5.78. The predicted molar refractivity (Wildman–Crippen MR) is 135 cm³/mol. The van der Waals surface area contributed by atoms with Crippen LogP contribution in [0.2, 0.25) is 0 Å². The summed E-state index contributed by atoms with van der Waals surface area (Å²) < 4.78 is 63.5. The number of amides is 1. The molecule has 0 aliphatic carbocycles. The fraction of sp³-hybridized carbons (Fsp3) is 0.345. The molecule has 0 bridgehead atoms. The molecule has 0 aromatic heterocycles.